The summed E-state index contributed by atoms with van der Waals surface area (Å²) in [6.45, 7) is 1.66. The maximum absolute atomic E-state index is 9.72. The van der Waals surface area contributed by atoms with E-state index in [0.717, 1.165) is 18.4 Å². The van der Waals surface area contributed by atoms with Gasteiger partial charge >= 0.3 is 0 Å². The molecule has 0 amide bonds. The van der Waals surface area contributed by atoms with Crippen LogP contribution in [0.2, 0.25) is 0 Å². The molecule has 4 nitrogen and oxygen atoms in total. The molecule has 0 radical (unpaired) electrons. The van der Waals surface area contributed by atoms with E-state index in [2.05, 4.69) is 11.4 Å². The van der Waals surface area contributed by atoms with Crippen LogP contribution in [0.5, 0.6) is 0 Å². The molecular formula is C15H20N2O2. The van der Waals surface area contributed by atoms with Crippen molar-refractivity contribution >= 4 is 0 Å². The average molecular weight is 260 g/mol. The van der Waals surface area contributed by atoms with Gasteiger partial charge in [0, 0.05) is 12.6 Å². The highest BCUT2D eigenvalue weighted by Crippen LogP contribution is 2.43. The molecule has 0 aromatic heterocycles. The van der Waals surface area contributed by atoms with Crippen molar-refractivity contribution in [1.82, 2.24) is 5.32 Å². The van der Waals surface area contributed by atoms with Crippen molar-refractivity contribution in [1.29, 1.82) is 5.26 Å². The van der Waals surface area contributed by atoms with E-state index in [1.807, 2.05) is 30.3 Å². The molecule has 1 fully saturated rings. The molecule has 0 spiro atoms. The summed E-state index contributed by atoms with van der Waals surface area (Å²) in [5, 5.41) is 31.3. The molecule has 0 heterocycles. The summed E-state index contributed by atoms with van der Waals surface area (Å²) in [4.78, 5) is 0. The van der Waals surface area contributed by atoms with Crippen molar-refractivity contribution in [2.75, 3.05) is 13.2 Å². The molecule has 1 aliphatic carbocycles. The van der Waals surface area contributed by atoms with E-state index >= 15 is 0 Å². The molecule has 1 saturated carbocycles. The molecular weight excluding hydrogens is 240 g/mol. The van der Waals surface area contributed by atoms with Crippen LogP contribution < -0.4 is 5.32 Å². The van der Waals surface area contributed by atoms with Gasteiger partial charge in [-0.1, -0.05) is 30.3 Å². The summed E-state index contributed by atoms with van der Waals surface area (Å²) in [5.41, 5.74) is -0.439. The van der Waals surface area contributed by atoms with Gasteiger partial charge in [-0.05, 0) is 25.3 Å². The second kappa shape index (κ2) is 5.30. The standard InChI is InChI=1S/C15H20N2O2/c1-14(19,11-18)10-17-13-7-15(8-13,9-16)12-5-3-2-4-6-12/h2-6,13,17-19H,7-8,10-11H2,1H3. The molecule has 1 aliphatic rings. The van der Waals surface area contributed by atoms with Crippen LogP contribution in [0.1, 0.15) is 25.3 Å². The first kappa shape index (κ1) is 14.0. The zero-order valence-electron chi connectivity index (χ0n) is 11.1. The maximum atomic E-state index is 9.72. The van der Waals surface area contributed by atoms with Crippen LogP contribution in [-0.2, 0) is 5.41 Å². The quantitative estimate of drug-likeness (QED) is 0.736. The summed E-state index contributed by atoms with van der Waals surface area (Å²) in [6, 6.07) is 12.5. The van der Waals surface area contributed by atoms with Gasteiger partial charge in [-0.15, -0.1) is 0 Å². The van der Waals surface area contributed by atoms with Crippen LogP contribution in [0.15, 0.2) is 30.3 Å². The van der Waals surface area contributed by atoms with Gasteiger partial charge in [-0.3, -0.25) is 0 Å². The van der Waals surface area contributed by atoms with E-state index in [1.165, 1.54) is 0 Å². The highest BCUT2D eigenvalue weighted by molar-refractivity contribution is 5.36. The highest BCUT2D eigenvalue weighted by atomic mass is 16.3. The number of hydrogen-bond donors (Lipinski definition) is 3. The van der Waals surface area contributed by atoms with Crippen LogP contribution in [0.4, 0.5) is 0 Å². The lowest BCUT2D eigenvalue weighted by atomic mass is 9.62. The third-order valence-corrected chi connectivity index (χ3v) is 3.84. The third kappa shape index (κ3) is 2.95. The van der Waals surface area contributed by atoms with E-state index in [0.29, 0.717) is 6.54 Å². The van der Waals surface area contributed by atoms with E-state index in [-0.39, 0.29) is 12.6 Å². The molecule has 4 heteroatoms. The Hall–Kier alpha value is -1.41. The van der Waals surface area contributed by atoms with Crippen LogP contribution in [-0.4, -0.2) is 35.0 Å². The summed E-state index contributed by atoms with van der Waals surface area (Å²) < 4.78 is 0. The van der Waals surface area contributed by atoms with Crippen molar-refractivity contribution in [3.05, 3.63) is 35.9 Å². The number of rotatable bonds is 5. The Morgan fingerprint density at radius 1 is 1.42 bits per heavy atom. The van der Waals surface area contributed by atoms with Crippen molar-refractivity contribution in [2.45, 2.75) is 36.8 Å². The second-order valence-electron chi connectivity index (χ2n) is 5.70. The lowest BCUT2D eigenvalue weighted by molar-refractivity contribution is -0.00308. The fraction of sp³-hybridized carbons (Fsp3) is 0.533. The second-order valence-corrected chi connectivity index (χ2v) is 5.70. The monoisotopic (exact) mass is 260 g/mol. The van der Waals surface area contributed by atoms with Crippen molar-refractivity contribution in [2.24, 2.45) is 0 Å². The molecule has 0 saturated heterocycles. The smallest absolute Gasteiger partial charge is 0.0972 e. The lowest BCUT2D eigenvalue weighted by Gasteiger charge is -2.44. The number of hydrogen-bond acceptors (Lipinski definition) is 4. The molecule has 19 heavy (non-hydrogen) atoms. The molecule has 0 aliphatic heterocycles. The maximum Gasteiger partial charge on any atom is 0.0972 e. The Kier molecular flexibility index (Phi) is 3.91. The van der Waals surface area contributed by atoms with Gasteiger partial charge in [0.25, 0.3) is 0 Å². The minimum Gasteiger partial charge on any atom is -0.393 e. The summed E-state index contributed by atoms with van der Waals surface area (Å²) in [5.74, 6) is 0. The first-order valence-electron chi connectivity index (χ1n) is 6.55. The van der Waals surface area contributed by atoms with Crippen LogP contribution in [0.25, 0.3) is 0 Å². The van der Waals surface area contributed by atoms with Crippen molar-refractivity contribution in [3.8, 4) is 6.07 Å². The average Bonchev–Trinajstić information content (AvgIpc) is 2.39. The van der Waals surface area contributed by atoms with Gasteiger partial charge in [0.1, 0.15) is 0 Å². The van der Waals surface area contributed by atoms with Gasteiger partial charge in [0.2, 0.25) is 0 Å². The Morgan fingerprint density at radius 2 is 2.05 bits per heavy atom. The molecule has 1 aromatic rings. The SMILES string of the molecule is CC(O)(CO)CNC1CC(C#N)(c2ccccc2)C1. The fourth-order valence-corrected chi connectivity index (χ4v) is 2.49. The van der Waals surface area contributed by atoms with E-state index in [4.69, 9.17) is 5.11 Å². The number of aliphatic hydroxyl groups excluding tert-OH is 1. The molecule has 1 unspecified atom stereocenters. The van der Waals surface area contributed by atoms with Crippen LogP contribution in [0, 0.1) is 11.3 Å². The van der Waals surface area contributed by atoms with E-state index in [1.54, 1.807) is 6.92 Å². The minimum atomic E-state index is -1.10. The molecule has 102 valence electrons. The number of nitrogens with zero attached hydrogens (tertiary/aromatic N) is 1. The number of aliphatic hydroxyl groups is 2. The van der Waals surface area contributed by atoms with Gasteiger partial charge in [0.05, 0.1) is 23.7 Å². The minimum absolute atomic E-state index is 0.220. The topological polar surface area (TPSA) is 76.3 Å². The van der Waals surface area contributed by atoms with E-state index < -0.39 is 11.0 Å². The van der Waals surface area contributed by atoms with Gasteiger partial charge in [0.15, 0.2) is 0 Å². The van der Waals surface area contributed by atoms with E-state index in [9.17, 15) is 10.4 Å². The first-order valence-corrected chi connectivity index (χ1v) is 6.55. The summed E-state index contributed by atoms with van der Waals surface area (Å²) in [6.07, 6.45) is 1.49. The number of nitriles is 1. The summed E-state index contributed by atoms with van der Waals surface area (Å²) in [7, 11) is 0. The van der Waals surface area contributed by atoms with Crippen LogP contribution >= 0.6 is 0 Å². The third-order valence-electron chi connectivity index (χ3n) is 3.84. The van der Waals surface area contributed by atoms with Gasteiger partial charge in [-0.25, -0.2) is 0 Å². The highest BCUT2D eigenvalue weighted by Gasteiger charge is 2.46. The van der Waals surface area contributed by atoms with Gasteiger partial charge < -0.3 is 15.5 Å². The van der Waals surface area contributed by atoms with Gasteiger partial charge in [-0.2, -0.15) is 5.26 Å². The molecule has 0 bridgehead atoms. The largest absolute Gasteiger partial charge is 0.393 e. The zero-order chi connectivity index (χ0) is 13.9. The predicted molar refractivity (Wildman–Crippen MR) is 72.5 cm³/mol. The number of nitrogens with one attached hydrogen (secondary N) is 1. The Bertz CT molecular complexity index is 459. The normalized spacial score (nSPS) is 29.1. The Morgan fingerprint density at radius 3 is 2.58 bits per heavy atom. The molecule has 2 rings (SSSR count). The summed E-state index contributed by atoms with van der Waals surface area (Å²) >= 11 is 0. The molecule has 3 N–H and O–H groups in total. The lowest BCUT2D eigenvalue weighted by Crippen LogP contribution is -2.54. The molecule has 1 aromatic carbocycles. The van der Waals surface area contributed by atoms with Crippen molar-refractivity contribution in [3.63, 3.8) is 0 Å². The van der Waals surface area contributed by atoms with Crippen molar-refractivity contribution < 1.29 is 10.2 Å². The zero-order valence-corrected chi connectivity index (χ0v) is 11.1. The van der Waals surface area contributed by atoms with Crippen LogP contribution in [0.3, 0.4) is 0 Å². The molecule has 1 atom stereocenters. The fourth-order valence-electron chi connectivity index (χ4n) is 2.49. The Balaban J connectivity index is 1.92. The number of benzene rings is 1. The predicted octanol–water partition coefficient (Wildman–Crippen LogP) is 0.943. The Labute approximate surface area is 113 Å². The first-order chi connectivity index (χ1) is 9.01.